The van der Waals surface area contributed by atoms with Gasteiger partial charge in [0.05, 0.1) is 11.0 Å². The molecule has 23 heavy (non-hydrogen) atoms. The van der Waals surface area contributed by atoms with Gasteiger partial charge in [0.2, 0.25) is 10.0 Å². The number of aryl methyl sites for hydroxylation is 2. The summed E-state index contributed by atoms with van der Waals surface area (Å²) in [4.78, 5) is 4.26. The zero-order valence-electron chi connectivity index (χ0n) is 13.2. The molecule has 0 spiro atoms. The molecule has 0 aliphatic rings. The highest BCUT2D eigenvalue weighted by molar-refractivity contribution is 7.89. The summed E-state index contributed by atoms with van der Waals surface area (Å²) in [6, 6.07) is 10.7. The van der Waals surface area contributed by atoms with Gasteiger partial charge < -0.3 is 0 Å². The monoisotopic (exact) mass is 329 g/mol. The lowest BCUT2D eigenvalue weighted by atomic mass is 10.1. The Kier molecular flexibility index (Phi) is 5.48. The van der Waals surface area contributed by atoms with Crippen LogP contribution in [0.1, 0.15) is 23.1 Å². The molecular formula is C17H19N3O2S. The van der Waals surface area contributed by atoms with Crippen molar-refractivity contribution in [2.75, 3.05) is 6.54 Å². The van der Waals surface area contributed by atoms with E-state index in [1.54, 1.807) is 36.7 Å². The van der Waals surface area contributed by atoms with Gasteiger partial charge in [-0.15, -0.1) is 0 Å². The second kappa shape index (κ2) is 7.36. The van der Waals surface area contributed by atoms with E-state index in [1.165, 1.54) is 4.31 Å². The summed E-state index contributed by atoms with van der Waals surface area (Å²) >= 11 is 0. The molecule has 6 heteroatoms. The third-order valence-electron chi connectivity index (χ3n) is 3.67. The Hall–Kier alpha value is -2.23. The van der Waals surface area contributed by atoms with E-state index in [1.807, 2.05) is 26.0 Å². The second-order valence-electron chi connectivity index (χ2n) is 5.35. The molecule has 120 valence electrons. The smallest absolute Gasteiger partial charge is 0.243 e. The summed E-state index contributed by atoms with van der Waals surface area (Å²) in [7, 11) is -3.66. The zero-order valence-corrected chi connectivity index (χ0v) is 14.0. The first kappa shape index (κ1) is 17.1. The lowest BCUT2D eigenvalue weighted by Gasteiger charge is -2.21. The van der Waals surface area contributed by atoms with Crippen molar-refractivity contribution in [2.45, 2.75) is 31.7 Å². The van der Waals surface area contributed by atoms with Crippen LogP contribution in [0.25, 0.3) is 0 Å². The predicted octanol–water partition coefficient (Wildman–Crippen LogP) is 2.80. The molecule has 1 aromatic carbocycles. The number of aromatic nitrogens is 1. The van der Waals surface area contributed by atoms with Gasteiger partial charge in [-0.3, -0.25) is 4.98 Å². The van der Waals surface area contributed by atoms with Crippen LogP contribution in [0.2, 0.25) is 0 Å². The van der Waals surface area contributed by atoms with Gasteiger partial charge in [0.25, 0.3) is 0 Å². The Morgan fingerprint density at radius 3 is 2.61 bits per heavy atom. The van der Waals surface area contributed by atoms with Crippen LogP contribution in [-0.2, 0) is 16.6 Å². The van der Waals surface area contributed by atoms with Crippen molar-refractivity contribution in [2.24, 2.45) is 0 Å². The van der Waals surface area contributed by atoms with Crippen LogP contribution in [0, 0.1) is 25.2 Å². The molecule has 2 aromatic rings. The van der Waals surface area contributed by atoms with Crippen molar-refractivity contribution >= 4 is 10.0 Å². The molecule has 0 N–H and O–H groups in total. The van der Waals surface area contributed by atoms with Crippen LogP contribution < -0.4 is 0 Å². The standard InChI is InChI=1S/C17H19N3O2S/c1-14-6-7-17(11-15(14)2)23(21,22)20(10-4-8-18)13-16-5-3-9-19-12-16/h3,5-7,9,11-12H,4,10,13H2,1-2H3. The van der Waals surface area contributed by atoms with E-state index in [0.29, 0.717) is 0 Å². The van der Waals surface area contributed by atoms with Gasteiger partial charge in [0.15, 0.2) is 0 Å². The third kappa shape index (κ3) is 4.15. The number of nitrogens with zero attached hydrogens (tertiary/aromatic N) is 3. The van der Waals surface area contributed by atoms with Gasteiger partial charge in [-0.25, -0.2) is 8.42 Å². The Balaban J connectivity index is 2.36. The van der Waals surface area contributed by atoms with Crippen molar-refractivity contribution in [3.05, 3.63) is 59.4 Å². The number of sulfonamides is 1. The molecule has 1 heterocycles. The summed E-state index contributed by atoms with van der Waals surface area (Å²) in [6.07, 6.45) is 3.42. The van der Waals surface area contributed by atoms with Crippen LogP contribution >= 0.6 is 0 Å². The minimum atomic E-state index is -3.66. The average molecular weight is 329 g/mol. The Bertz CT molecular complexity index is 811. The molecule has 0 saturated carbocycles. The minimum Gasteiger partial charge on any atom is -0.264 e. The predicted molar refractivity (Wildman–Crippen MR) is 88.0 cm³/mol. The van der Waals surface area contributed by atoms with Gasteiger partial charge >= 0.3 is 0 Å². The van der Waals surface area contributed by atoms with Gasteiger partial charge in [-0.05, 0) is 48.7 Å². The number of rotatable bonds is 6. The molecule has 1 aromatic heterocycles. The first-order chi connectivity index (χ1) is 10.9. The molecule has 0 aliphatic heterocycles. The Morgan fingerprint density at radius 1 is 1.22 bits per heavy atom. The number of hydrogen-bond donors (Lipinski definition) is 0. The van der Waals surface area contributed by atoms with Crippen LogP contribution in [-0.4, -0.2) is 24.3 Å². The second-order valence-corrected chi connectivity index (χ2v) is 7.29. The molecule has 0 saturated heterocycles. The van der Waals surface area contributed by atoms with E-state index < -0.39 is 10.0 Å². The fourth-order valence-electron chi connectivity index (χ4n) is 2.18. The van der Waals surface area contributed by atoms with Gasteiger partial charge in [-0.2, -0.15) is 9.57 Å². The van der Waals surface area contributed by atoms with E-state index in [2.05, 4.69) is 4.98 Å². The highest BCUT2D eigenvalue weighted by Gasteiger charge is 2.24. The Morgan fingerprint density at radius 2 is 2.00 bits per heavy atom. The summed E-state index contributed by atoms with van der Waals surface area (Å²) in [5.41, 5.74) is 2.75. The molecule has 0 radical (unpaired) electrons. The molecular weight excluding hydrogens is 310 g/mol. The number of pyridine rings is 1. The van der Waals surface area contributed by atoms with E-state index in [9.17, 15) is 8.42 Å². The average Bonchev–Trinajstić information content (AvgIpc) is 2.54. The molecule has 0 fully saturated rings. The van der Waals surface area contributed by atoms with E-state index >= 15 is 0 Å². The summed E-state index contributed by atoms with van der Waals surface area (Å²) in [6.45, 7) is 4.18. The largest absolute Gasteiger partial charge is 0.264 e. The van der Waals surface area contributed by atoms with E-state index in [0.717, 1.165) is 16.7 Å². The van der Waals surface area contributed by atoms with Crippen molar-refractivity contribution < 1.29 is 8.42 Å². The van der Waals surface area contributed by atoms with E-state index in [-0.39, 0.29) is 24.4 Å². The van der Waals surface area contributed by atoms with Gasteiger partial charge in [-0.1, -0.05) is 12.1 Å². The fraction of sp³-hybridized carbons (Fsp3) is 0.294. The van der Waals surface area contributed by atoms with Gasteiger partial charge in [0, 0.05) is 31.9 Å². The minimum absolute atomic E-state index is 0.143. The number of hydrogen-bond acceptors (Lipinski definition) is 4. The fourth-order valence-corrected chi connectivity index (χ4v) is 3.69. The highest BCUT2D eigenvalue weighted by Crippen LogP contribution is 2.21. The van der Waals surface area contributed by atoms with E-state index in [4.69, 9.17) is 5.26 Å². The van der Waals surface area contributed by atoms with Crippen LogP contribution in [0.15, 0.2) is 47.6 Å². The Labute approximate surface area is 137 Å². The SMILES string of the molecule is Cc1ccc(S(=O)(=O)N(CCC#N)Cc2cccnc2)cc1C. The molecule has 0 amide bonds. The van der Waals surface area contributed by atoms with Crippen molar-refractivity contribution in [1.82, 2.24) is 9.29 Å². The maximum Gasteiger partial charge on any atom is 0.243 e. The van der Waals surface area contributed by atoms with Gasteiger partial charge in [0.1, 0.15) is 0 Å². The van der Waals surface area contributed by atoms with Crippen molar-refractivity contribution in [1.29, 1.82) is 5.26 Å². The summed E-state index contributed by atoms with van der Waals surface area (Å²) in [5.74, 6) is 0. The summed E-state index contributed by atoms with van der Waals surface area (Å²) < 4.78 is 27.1. The maximum atomic E-state index is 12.9. The van der Waals surface area contributed by atoms with Crippen LogP contribution in [0.3, 0.4) is 0 Å². The molecule has 0 aliphatic carbocycles. The number of nitriles is 1. The molecule has 0 atom stereocenters. The normalized spacial score (nSPS) is 11.4. The highest BCUT2D eigenvalue weighted by atomic mass is 32.2. The van der Waals surface area contributed by atoms with Crippen molar-refractivity contribution in [3.63, 3.8) is 0 Å². The first-order valence-electron chi connectivity index (χ1n) is 7.28. The maximum absolute atomic E-state index is 12.9. The zero-order chi connectivity index (χ0) is 16.9. The molecule has 2 rings (SSSR count). The third-order valence-corrected chi connectivity index (χ3v) is 5.51. The topological polar surface area (TPSA) is 74.1 Å². The number of benzene rings is 1. The van der Waals surface area contributed by atoms with Crippen molar-refractivity contribution in [3.8, 4) is 6.07 Å². The van der Waals surface area contributed by atoms with Crippen LogP contribution in [0.5, 0.6) is 0 Å². The lowest BCUT2D eigenvalue weighted by molar-refractivity contribution is 0.413. The molecule has 0 bridgehead atoms. The molecule has 5 nitrogen and oxygen atoms in total. The molecule has 0 unspecified atom stereocenters. The summed E-state index contributed by atoms with van der Waals surface area (Å²) in [5, 5.41) is 8.81. The first-order valence-corrected chi connectivity index (χ1v) is 8.72. The lowest BCUT2D eigenvalue weighted by Crippen LogP contribution is -2.31. The van der Waals surface area contributed by atoms with Crippen LogP contribution in [0.4, 0.5) is 0 Å². The quantitative estimate of drug-likeness (QED) is 0.817.